The summed E-state index contributed by atoms with van der Waals surface area (Å²) in [6.45, 7) is 6.43. The number of carbonyl (C=O) groups is 1. The lowest BCUT2D eigenvalue weighted by Crippen LogP contribution is -2.30. The SMILES string of the molecule is CCNC(=O)c1ccc(NC(CO)C(C)C)nn1. The minimum atomic E-state index is -0.237. The number of aliphatic hydroxyl groups is 1. The van der Waals surface area contributed by atoms with E-state index in [1.807, 2.05) is 20.8 Å². The highest BCUT2D eigenvalue weighted by Gasteiger charge is 2.13. The van der Waals surface area contributed by atoms with E-state index in [2.05, 4.69) is 20.8 Å². The minimum absolute atomic E-state index is 0.0252. The Balaban J connectivity index is 2.68. The highest BCUT2D eigenvalue weighted by Crippen LogP contribution is 2.09. The van der Waals surface area contributed by atoms with E-state index in [9.17, 15) is 9.90 Å². The lowest BCUT2D eigenvalue weighted by atomic mass is 10.1. The van der Waals surface area contributed by atoms with Gasteiger partial charge < -0.3 is 15.7 Å². The van der Waals surface area contributed by atoms with E-state index in [4.69, 9.17) is 0 Å². The molecule has 0 radical (unpaired) electrons. The molecule has 6 heteroatoms. The third-order valence-electron chi connectivity index (χ3n) is 2.57. The van der Waals surface area contributed by atoms with Crippen molar-refractivity contribution in [3.63, 3.8) is 0 Å². The van der Waals surface area contributed by atoms with Gasteiger partial charge in [0.1, 0.15) is 5.82 Å². The summed E-state index contributed by atoms with van der Waals surface area (Å²) in [5.41, 5.74) is 0.285. The number of rotatable bonds is 6. The van der Waals surface area contributed by atoms with Crippen LogP contribution in [0.1, 0.15) is 31.3 Å². The zero-order chi connectivity index (χ0) is 13.5. The molecular weight excluding hydrogens is 232 g/mol. The van der Waals surface area contributed by atoms with Crippen LogP contribution < -0.4 is 10.6 Å². The maximum absolute atomic E-state index is 11.5. The number of anilines is 1. The van der Waals surface area contributed by atoms with Gasteiger partial charge in [0.05, 0.1) is 12.6 Å². The van der Waals surface area contributed by atoms with Gasteiger partial charge in [-0.05, 0) is 25.0 Å². The molecule has 0 aliphatic carbocycles. The van der Waals surface area contributed by atoms with Crippen molar-refractivity contribution < 1.29 is 9.90 Å². The molecule has 3 N–H and O–H groups in total. The van der Waals surface area contributed by atoms with Gasteiger partial charge >= 0.3 is 0 Å². The first-order valence-corrected chi connectivity index (χ1v) is 6.07. The molecule has 1 rings (SSSR count). The highest BCUT2D eigenvalue weighted by molar-refractivity contribution is 5.92. The molecule has 1 heterocycles. The third kappa shape index (κ3) is 3.96. The smallest absolute Gasteiger partial charge is 0.271 e. The van der Waals surface area contributed by atoms with E-state index < -0.39 is 0 Å². The van der Waals surface area contributed by atoms with Crippen LogP contribution in [-0.2, 0) is 0 Å². The summed E-state index contributed by atoms with van der Waals surface area (Å²) in [4.78, 5) is 11.5. The molecule has 0 saturated carbocycles. The lowest BCUT2D eigenvalue weighted by Gasteiger charge is -2.19. The molecule has 6 nitrogen and oxygen atoms in total. The number of hydrogen-bond acceptors (Lipinski definition) is 5. The van der Waals surface area contributed by atoms with Crippen LogP contribution in [0.25, 0.3) is 0 Å². The Morgan fingerprint density at radius 3 is 2.56 bits per heavy atom. The maximum Gasteiger partial charge on any atom is 0.271 e. The molecule has 0 bridgehead atoms. The molecule has 1 atom stereocenters. The number of carbonyl (C=O) groups excluding carboxylic acids is 1. The number of nitrogens with zero attached hydrogens (tertiary/aromatic N) is 2. The van der Waals surface area contributed by atoms with Gasteiger partial charge in [0.15, 0.2) is 5.69 Å². The van der Waals surface area contributed by atoms with Crippen molar-refractivity contribution in [2.45, 2.75) is 26.8 Å². The van der Waals surface area contributed by atoms with Crippen molar-refractivity contribution >= 4 is 11.7 Å². The molecule has 1 amide bonds. The molecular formula is C12H20N4O2. The van der Waals surface area contributed by atoms with Crippen LogP contribution >= 0.6 is 0 Å². The van der Waals surface area contributed by atoms with Gasteiger partial charge in [0.25, 0.3) is 5.91 Å². The Bertz CT molecular complexity index is 378. The average molecular weight is 252 g/mol. The van der Waals surface area contributed by atoms with Gasteiger partial charge in [0, 0.05) is 6.54 Å². The lowest BCUT2D eigenvalue weighted by molar-refractivity contribution is 0.0950. The van der Waals surface area contributed by atoms with Crippen molar-refractivity contribution in [3.8, 4) is 0 Å². The Kier molecular flexibility index (Phi) is 5.51. The van der Waals surface area contributed by atoms with Gasteiger partial charge in [-0.15, -0.1) is 10.2 Å². The van der Waals surface area contributed by atoms with Gasteiger partial charge in [0.2, 0.25) is 0 Å². The van der Waals surface area contributed by atoms with Gasteiger partial charge in [-0.2, -0.15) is 0 Å². The second-order valence-electron chi connectivity index (χ2n) is 4.34. The summed E-state index contributed by atoms with van der Waals surface area (Å²) >= 11 is 0. The first kappa shape index (κ1) is 14.4. The summed E-state index contributed by atoms with van der Waals surface area (Å²) in [6.07, 6.45) is 0. The second-order valence-corrected chi connectivity index (χ2v) is 4.34. The van der Waals surface area contributed by atoms with E-state index in [1.165, 1.54) is 0 Å². The molecule has 0 saturated heterocycles. The Labute approximate surface area is 107 Å². The van der Waals surface area contributed by atoms with Crippen molar-refractivity contribution in [2.24, 2.45) is 5.92 Å². The van der Waals surface area contributed by atoms with Crippen LogP contribution in [0.15, 0.2) is 12.1 Å². The summed E-state index contributed by atoms with van der Waals surface area (Å²) in [5.74, 6) is 0.592. The monoisotopic (exact) mass is 252 g/mol. The van der Waals surface area contributed by atoms with Crippen LogP contribution in [0.3, 0.4) is 0 Å². The fourth-order valence-electron chi connectivity index (χ4n) is 1.39. The highest BCUT2D eigenvalue weighted by atomic mass is 16.3. The summed E-state index contributed by atoms with van der Waals surface area (Å²) < 4.78 is 0. The molecule has 1 aromatic rings. The minimum Gasteiger partial charge on any atom is -0.394 e. The molecule has 0 aliphatic rings. The first-order valence-electron chi connectivity index (χ1n) is 6.07. The molecule has 18 heavy (non-hydrogen) atoms. The summed E-state index contributed by atoms with van der Waals surface area (Å²) in [6, 6.07) is 3.21. The predicted molar refractivity (Wildman–Crippen MR) is 69.4 cm³/mol. The number of aromatic nitrogens is 2. The number of nitrogens with one attached hydrogen (secondary N) is 2. The Hall–Kier alpha value is -1.69. The second kappa shape index (κ2) is 6.90. The van der Waals surface area contributed by atoms with Crippen LogP contribution in [0.4, 0.5) is 5.82 Å². The Morgan fingerprint density at radius 1 is 1.39 bits per heavy atom. The third-order valence-corrected chi connectivity index (χ3v) is 2.57. The van der Waals surface area contributed by atoms with E-state index in [1.54, 1.807) is 12.1 Å². The van der Waals surface area contributed by atoms with Crippen LogP contribution in [0.5, 0.6) is 0 Å². The first-order chi connectivity index (χ1) is 8.58. The average Bonchev–Trinajstić information content (AvgIpc) is 2.36. The van der Waals surface area contributed by atoms with Crippen molar-refractivity contribution in [1.82, 2.24) is 15.5 Å². The van der Waals surface area contributed by atoms with E-state index in [-0.39, 0.29) is 30.2 Å². The molecule has 0 aliphatic heterocycles. The van der Waals surface area contributed by atoms with Crippen molar-refractivity contribution in [3.05, 3.63) is 17.8 Å². The molecule has 100 valence electrons. The maximum atomic E-state index is 11.5. The predicted octanol–water partition coefficient (Wildman–Crippen LogP) is 0.655. The van der Waals surface area contributed by atoms with E-state index >= 15 is 0 Å². The summed E-state index contributed by atoms with van der Waals surface area (Å²) in [7, 11) is 0. The zero-order valence-corrected chi connectivity index (χ0v) is 11.0. The van der Waals surface area contributed by atoms with E-state index in [0.717, 1.165) is 0 Å². The van der Waals surface area contributed by atoms with Gasteiger partial charge in [-0.25, -0.2) is 0 Å². The van der Waals surface area contributed by atoms with Crippen LogP contribution in [0.2, 0.25) is 0 Å². The fourth-order valence-corrected chi connectivity index (χ4v) is 1.39. The van der Waals surface area contributed by atoms with Crippen LogP contribution in [0, 0.1) is 5.92 Å². The summed E-state index contributed by atoms with van der Waals surface area (Å²) in [5, 5.41) is 22.7. The van der Waals surface area contributed by atoms with Crippen molar-refractivity contribution in [1.29, 1.82) is 0 Å². The van der Waals surface area contributed by atoms with Crippen molar-refractivity contribution in [2.75, 3.05) is 18.5 Å². The molecule has 1 aromatic heterocycles. The normalized spacial score (nSPS) is 12.3. The fraction of sp³-hybridized carbons (Fsp3) is 0.583. The molecule has 1 unspecified atom stereocenters. The largest absolute Gasteiger partial charge is 0.394 e. The van der Waals surface area contributed by atoms with E-state index in [0.29, 0.717) is 12.4 Å². The Morgan fingerprint density at radius 2 is 2.11 bits per heavy atom. The van der Waals surface area contributed by atoms with Crippen LogP contribution in [-0.4, -0.2) is 40.4 Å². The molecule has 0 fully saturated rings. The number of aliphatic hydroxyl groups excluding tert-OH is 1. The molecule has 0 aromatic carbocycles. The molecule has 0 spiro atoms. The number of hydrogen-bond donors (Lipinski definition) is 3. The number of amides is 1. The van der Waals surface area contributed by atoms with Gasteiger partial charge in [-0.3, -0.25) is 4.79 Å². The zero-order valence-electron chi connectivity index (χ0n) is 11.0. The quantitative estimate of drug-likeness (QED) is 0.692. The topological polar surface area (TPSA) is 87.1 Å². The standard InChI is InChI=1S/C12H20N4O2/c1-4-13-12(18)9-5-6-11(16-15-9)14-10(7-17)8(2)3/h5-6,8,10,17H,4,7H2,1-3H3,(H,13,18)(H,14,16). The van der Waals surface area contributed by atoms with Gasteiger partial charge in [-0.1, -0.05) is 13.8 Å².